The SMILES string of the molecule is CCC(CC)(NC(=O)C1(NC(=O)OCC2c3ccccc3-c3ccccc32)CCN(Cc2ccccc2)C1)C(=O)O. The Labute approximate surface area is 240 Å². The zero-order valence-corrected chi connectivity index (χ0v) is 23.6. The molecule has 1 aliphatic carbocycles. The number of alkyl carbamates (subject to hydrolysis) is 1. The van der Waals surface area contributed by atoms with Crippen molar-refractivity contribution < 1.29 is 24.2 Å². The number of nitrogens with one attached hydrogen (secondary N) is 2. The van der Waals surface area contributed by atoms with Gasteiger partial charge in [-0.1, -0.05) is 92.7 Å². The quantitative estimate of drug-likeness (QED) is 0.328. The fraction of sp³-hybridized carbons (Fsp3) is 0.364. The van der Waals surface area contributed by atoms with E-state index in [0.29, 0.717) is 19.5 Å². The van der Waals surface area contributed by atoms with Crippen molar-refractivity contribution in [2.45, 2.75) is 56.7 Å². The van der Waals surface area contributed by atoms with Gasteiger partial charge in [0, 0.05) is 25.6 Å². The molecule has 0 spiro atoms. The minimum atomic E-state index is -1.42. The van der Waals surface area contributed by atoms with Crippen molar-refractivity contribution >= 4 is 18.0 Å². The molecule has 214 valence electrons. The molecule has 0 radical (unpaired) electrons. The Morgan fingerprint density at radius 3 is 2.10 bits per heavy atom. The largest absolute Gasteiger partial charge is 0.480 e. The minimum Gasteiger partial charge on any atom is -0.480 e. The van der Waals surface area contributed by atoms with Gasteiger partial charge in [0.05, 0.1) is 0 Å². The average Bonchev–Trinajstić information content (AvgIpc) is 3.54. The summed E-state index contributed by atoms with van der Waals surface area (Å²) >= 11 is 0. The molecule has 1 fully saturated rings. The molecule has 5 rings (SSSR count). The van der Waals surface area contributed by atoms with E-state index in [1.807, 2.05) is 54.6 Å². The number of likely N-dealkylation sites (tertiary alicyclic amines) is 1. The number of hydrogen-bond donors (Lipinski definition) is 3. The molecular formula is C33H37N3O5. The number of rotatable bonds is 10. The highest BCUT2D eigenvalue weighted by Crippen LogP contribution is 2.44. The third kappa shape index (κ3) is 5.57. The lowest BCUT2D eigenvalue weighted by Crippen LogP contribution is -2.66. The van der Waals surface area contributed by atoms with Gasteiger partial charge in [0.2, 0.25) is 5.91 Å². The molecule has 1 saturated heterocycles. The lowest BCUT2D eigenvalue weighted by Gasteiger charge is -2.35. The number of aliphatic carboxylic acids is 1. The van der Waals surface area contributed by atoms with Crippen LogP contribution in [0.4, 0.5) is 4.79 Å². The molecule has 8 heteroatoms. The van der Waals surface area contributed by atoms with Gasteiger partial charge in [-0.25, -0.2) is 9.59 Å². The van der Waals surface area contributed by atoms with Gasteiger partial charge < -0.3 is 20.5 Å². The number of carboxylic acids is 1. The van der Waals surface area contributed by atoms with Crippen LogP contribution in [0.25, 0.3) is 11.1 Å². The lowest BCUT2D eigenvalue weighted by atomic mass is 9.89. The Bertz CT molecular complexity index is 1380. The van der Waals surface area contributed by atoms with Crippen molar-refractivity contribution in [1.82, 2.24) is 15.5 Å². The summed E-state index contributed by atoms with van der Waals surface area (Å²) in [7, 11) is 0. The van der Waals surface area contributed by atoms with Crippen LogP contribution in [0.5, 0.6) is 0 Å². The highest BCUT2D eigenvalue weighted by atomic mass is 16.5. The molecule has 3 N–H and O–H groups in total. The number of hydrogen-bond acceptors (Lipinski definition) is 5. The van der Waals surface area contributed by atoms with Gasteiger partial charge in [-0.15, -0.1) is 0 Å². The number of carboxylic acid groups (broad SMARTS) is 1. The summed E-state index contributed by atoms with van der Waals surface area (Å²) in [4.78, 5) is 41.5. The third-order valence-electron chi connectivity index (χ3n) is 8.69. The van der Waals surface area contributed by atoms with Gasteiger partial charge in [0.25, 0.3) is 0 Å². The molecule has 1 heterocycles. The maximum absolute atomic E-state index is 13.9. The van der Waals surface area contributed by atoms with Gasteiger partial charge >= 0.3 is 12.1 Å². The van der Waals surface area contributed by atoms with Gasteiger partial charge in [0.15, 0.2) is 0 Å². The molecule has 1 unspecified atom stereocenters. The molecule has 1 aliphatic heterocycles. The summed E-state index contributed by atoms with van der Waals surface area (Å²) < 4.78 is 5.80. The van der Waals surface area contributed by atoms with Crippen LogP contribution in [0.3, 0.4) is 0 Å². The number of nitrogens with zero attached hydrogens (tertiary/aromatic N) is 1. The molecule has 41 heavy (non-hydrogen) atoms. The first kappa shape index (κ1) is 28.4. The maximum Gasteiger partial charge on any atom is 0.408 e. The van der Waals surface area contributed by atoms with E-state index >= 15 is 0 Å². The minimum absolute atomic E-state index is 0.115. The fourth-order valence-electron chi connectivity index (χ4n) is 6.16. The Morgan fingerprint density at radius 2 is 1.51 bits per heavy atom. The molecular weight excluding hydrogens is 518 g/mol. The summed E-state index contributed by atoms with van der Waals surface area (Å²) in [6.07, 6.45) is 0.0787. The van der Waals surface area contributed by atoms with E-state index in [1.165, 1.54) is 0 Å². The van der Waals surface area contributed by atoms with E-state index in [1.54, 1.807) is 13.8 Å². The fourth-order valence-corrected chi connectivity index (χ4v) is 6.16. The molecule has 0 saturated carbocycles. The first-order valence-electron chi connectivity index (χ1n) is 14.3. The standard InChI is InChI=1S/C33H37N3O5/c1-3-32(4-2,30(38)39)34-29(37)33(18-19-36(22-33)20-23-12-6-5-7-13-23)35-31(40)41-21-28-26-16-10-8-14-24(26)25-15-9-11-17-27(25)28/h5-17,28H,3-4,18-22H2,1-2H3,(H,34,37)(H,35,40)(H,38,39). The van der Waals surface area contributed by atoms with E-state index in [-0.39, 0.29) is 31.9 Å². The molecule has 2 aliphatic rings. The summed E-state index contributed by atoms with van der Waals surface area (Å²) in [6, 6.07) is 26.1. The Hall–Kier alpha value is -4.17. The molecule has 3 aromatic carbocycles. The molecule has 1 atom stereocenters. The van der Waals surface area contributed by atoms with E-state index in [2.05, 4.69) is 39.8 Å². The zero-order valence-electron chi connectivity index (χ0n) is 23.6. The van der Waals surface area contributed by atoms with E-state index in [4.69, 9.17) is 4.74 Å². The number of fused-ring (bicyclic) bond motifs is 3. The normalized spacial score (nSPS) is 18.4. The Kier molecular flexibility index (Phi) is 8.13. The van der Waals surface area contributed by atoms with Gasteiger partial charge in [-0.3, -0.25) is 9.69 Å². The van der Waals surface area contributed by atoms with Crippen LogP contribution < -0.4 is 10.6 Å². The summed E-state index contributed by atoms with van der Waals surface area (Å²) in [5.74, 6) is -1.71. The maximum atomic E-state index is 13.9. The summed E-state index contributed by atoms with van der Waals surface area (Å²) in [5.41, 5.74) is 2.80. The van der Waals surface area contributed by atoms with Crippen LogP contribution in [0, 0.1) is 0 Å². The van der Waals surface area contributed by atoms with Crippen LogP contribution in [0.15, 0.2) is 78.9 Å². The molecule has 0 aromatic heterocycles. The van der Waals surface area contributed by atoms with Crippen molar-refractivity contribution in [2.75, 3.05) is 19.7 Å². The zero-order chi connectivity index (χ0) is 29.0. The second kappa shape index (κ2) is 11.7. The number of ether oxygens (including phenoxy) is 1. The van der Waals surface area contributed by atoms with Crippen LogP contribution in [0.2, 0.25) is 0 Å². The lowest BCUT2D eigenvalue weighted by molar-refractivity contribution is -0.149. The van der Waals surface area contributed by atoms with E-state index in [0.717, 1.165) is 27.8 Å². The number of carbonyl (C=O) groups is 3. The van der Waals surface area contributed by atoms with Crippen molar-refractivity contribution in [3.8, 4) is 11.1 Å². The average molecular weight is 556 g/mol. The van der Waals surface area contributed by atoms with Crippen molar-refractivity contribution in [3.05, 3.63) is 95.6 Å². The van der Waals surface area contributed by atoms with Crippen LogP contribution in [-0.4, -0.2) is 58.8 Å². The monoisotopic (exact) mass is 555 g/mol. The van der Waals surface area contributed by atoms with Gasteiger partial charge in [0.1, 0.15) is 17.7 Å². The van der Waals surface area contributed by atoms with E-state index in [9.17, 15) is 19.5 Å². The summed E-state index contributed by atoms with van der Waals surface area (Å²) in [5, 5.41) is 15.6. The molecule has 0 bridgehead atoms. The highest BCUT2D eigenvalue weighted by molar-refractivity contribution is 5.95. The van der Waals surface area contributed by atoms with Crippen LogP contribution >= 0.6 is 0 Å². The molecule has 8 nitrogen and oxygen atoms in total. The second-order valence-corrected chi connectivity index (χ2v) is 11.0. The van der Waals surface area contributed by atoms with Gasteiger partial charge in [-0.2, -0.15) is 0 Å². The predicted molar refractivity (Wildman–Crippen MR) is 156 cm³/mol. The topological polar surface area (TPSA) is 108 Å². The Balaban J connectivity index is 1.34. The van der Waals surface area contributed by atoms with Crippen molar-refractivity contribution in [3.63, 3.8) is 0 Å². The van der Waals surface area contributed by atoms with Crippen molar-refractivity contribution in [1.29, 1.82) is 0 Å². The highest BCUT2D eigenvalue weighted by Gasteiger charge is 2.49. The third-order valence-corrected chi connectivity index (χ3v) is 8.69. The predicted octanol–water partition coefficient (Wildman–Crippen LogP) is 4.93. The van der Waals surface area contributed by atoms with E-state index < -0.39 is 29.0 Å². The number of benzene rings is 3. The Morgan fingerprint density at radius 1 is 0.927 bits per heavy atom. The molecule has 2 amide bonds. The molecule has 3 aromatic rings. The number of carbonyl (C=O) groups excluding carboxylic acids is 2. The first-order chi connectivity index (χ1) is 19.8. The summed E-state index contributed by atoms with van der Waals surface area (Å²) in [6.45, 7) is 4.99. The van der Waals surface area contributed by atoms with Crippen LogP contribution in [0.1, 0.15) is 55.7 Å². The van der Waals surface area contributed by atoms with Crippen LogP contribution in [-0.2, 0) is 20.9 Å². The second-order valence-electron chi connectivity index (χ2n) is 11.0. The first-order valence-corrected chi connectivity index (χ1v) is 14.3. The number of amides is 2. The van der Waals surface area contributed by atoms with Crippen molar-refractivity contribution in [2.24, 2.45) is 0 Å². The van der Waals surface area contributed by atoms with Gasteiger partial charge in [-0.05, 0) is 47.1 Å². The smallest absolute Gasteiger partial charge is 0.408 e.